The first kappa shape index (κ1) is 11.0. The van der Waals surface area contributed by atoms with Crippen LogP contribution in [0.15, 0.2) is 28.7 Å². The van der Waals surface area contributed by atoms with Crippen molar-refractivity contribution in [1.82, 2.24) is 5.32 Å². The molecule has 1 aliphatic rings. The van der Waals surface area contributed by atoms with E-state index in [0.29, 0.717) is 18.7 Å². The Morgan fingerprint density at radius 1 is 1.40 bits per heavy atom. The highest BCUT2D eigenvalue weighted by Crippen LogP contribution is 2.38. The van der Waals surface area contributed by atoms with E-state index in [0.717, 1.165) is 4.47 Å². The van der Waals surface area contributed by atoms with E-state index < -0.39 is 11.8 Å². The highest BCUT2D eigenvalue weighted by Gasteiger charge is 2.42. The van der Waals surface area contributed by atoms with Gasteiger partial charge in [0, 0.05) is 24.0 Å². The van der Waals surface area contributed by atoms with Crippen molar-refractivity contribution < 1.29 is 8.78 Å². The van der Waals surface area contributed by atoms with Crippen LogP contribution in [0.25, 0.3) is 0 Å². The SMILES string of the molecule is FC1(F)CCNCC1c1cccc(Br)c1. The first-order valence-corrected chi connectivity index (χ1v) is 5.73. The van der Waals surface area contributed by atoms with Gasteiger partial charge >= 0.3 is 0 Å². The summed E-state index contributed by atoms with van der Waals surface area (Å²) in [5, 5.41) is 3.01. The minimum absolute atomic E-state index is 0.0792. The van der Waals surface area contributed by atoms with E-state index in [1.165, 1.54) is 0 Å². The molecule has 1 aliphatic heterocycles. The van der Waals surface area contributed by atoms with Gasteiger partial charge in [-0.1, -0.05) is 28.1 Å². The van der Waals surface area contributed by atoms with Gasteiger partial charge in [0.2, 0.25) is 0 Å². The first-order valence-electron chi connectivity index (χ1n) is 4.93. The first-order chi connectivity index (χ1) is 7.09. The topological polar surface area (TPSA) is 12.0 Å². The lowest BCUT2D eigenvalue weighted by atomic mass is 9.88. The van der Waals surface area contributed by atoms with Gasteiger partial charge < -0.3 is 5.32 Å². The summed E-state index contributed by atoms with van der Waals surface area (Å²) in [6.07, 6.45) is -0.0792. The zero-order valence-electron chi connectivity index (χ0n) is 8.14. The van der Waals surface area contributed by atoms with Crippen molar-refractivity contribution in [2.75, 3.05) is 13.1 Å². The molecule has 0 spiro atoms. The van der Waals surface area contributed by atoms with E-state index in [1.807, 2.05) is 6.07 Å². The molecule has 1 aromatic carbocycles. The molecule has 1 aromatic rings. The summed E-state index contributed by atoms with van der Waals surface area (Å²) >= 11 is 3.30. The van der Waals surface area contributed by atoms with Crippen LogP contribution in [0.2, 0.25) is 0 Å². The summed E-state index contributed by atoms with van der Waals surface area (Å²) in [5.41, 5.74) is 0.696. The minimum Gasteiger partial charge on any atom is -0.316 e. The summed E-state index contributed by atoms with van der Waals surface area (Å²) in [5.74, 6) is -3.30. The van der Waals surface area contributed by atoms with Gasteiger partial charge in [-0.25, -0.2) is 8.78 Å². The molecule has 0 amide bonds. The number of hydrogen-bond acceptors (Lipinski definition) is 1. The van der Waals surface area contributed by atoms with Crippen LogP contribution >= 0.6 is 15.9 Å². The number of halogens is 3. The molecule has 1 atom stereocenters. The number of piperidine rings is 1. The van der Waals surface area contributed by atoms with E-state index >= 15 is 0 Å². The van der Waals surface area contributed by atoms with Gasteiger partial charge in [0.05, 0.1) is 5.92 Å². The third kappa shape index (κ3) is 2.37. The van der Waals surface area contributed by atoms with E-state index in [9.17, 15) is 8.78 Å². The Morgan fingerprint density at radius 2 is 2.20 bits per heavy atom. The molecule has 1 saturated heterocycles. The largest absolute Gasteiger partial charge is 0.316 e. The molecule has 1 nitrogen and oxygen atoms in total. The van der Waals surface area contributed by atoms with Gasteiger partial charge in [-0.2, -0.15) is 0 Å². The normalized spacial score (nSPS) is 25.1. The Hall–Kier alpha value is -0.480. The molecule has 0 bridgehead atoms. The molecule has 0 radical (unpaired) electrons. The van der Waals surface area contributed by atoms with Crippen LogP contribution in [-0.2, 0) is 0 Å². The van der Waals surface area contributed by atoms with E-state index in [2.05, 4.69) is 21.2 Å². The molecule has 1 N–H and O–H groups in total. The summed E-state index contributed by atoms with van der Waals surface area (Å²) in [7, 11) is 0. The fourth-order valence-electron chi connectivity index (χ4n) is 1.91. The number of rotatable bonds is 1. The van der Waals surface area contributed by atoms with Crippen molar-refractivity contribution in [3.8, 4) is 0 Å². The van der Waals surface area contributed by atoms with Crippen molar-refractivity contribution >= 4 is 15.9 Å². The second kappa shape index (κ2) is 4.18. The Bertz CT molecular complexity index is 354. The monoisotopic (exact) mass is 275 g/mol. The van der Waals surface area contributed by atoms with Gasteiger partial charge in [-0.15, -0.1) is 0 Å². The maximum Gasteiger partial charge on any atom is 0.257 e. The third-order valence-electron chi connectivity index (χ3n) is 2.74. The minimum atomic E-state index is -2.59. The Balaban J connectivity index is 2.29. The molecule has 4 heteroatoms. The van der Waals surface area contributed by atoms with Gasteiger partial charge in [0.15, 0.2) is 0 Å². The molecular formula is C11H12BrF2N. The molecule has 0 aromatic heterocycles. The highest BCUT2D eigenvalue weighted by atomic mass is 79.9. The maximum atomic E-state index is 13.6. The summed E-state index contributed by atoms with van der Waals surface area (Å²) in [4.78, 5) is 0. The second-order valence-corrected chi connectivity index (χ2v) is 4.74. The number of hydrogen-bond donors (Lipinski definition) is 1. The van der Waals surface area contributed by atoms with E-state index in [4.69, 9.17) is 0 Å². The fourth-order valence-corrected chi connectivity index (χ4v) is 2.33. The predicted octanol–water partition coefficient (Wildman–Crippen LogP) is 3.16. The van der Waals surface area contributed by atoms with Gasteiger partial charge in [0.1, 0.15) is 0 Å². The van der Waals surface area contributed by atoms with E-state index in [-0.39, 0.29) is 6.42 Å². The highest BCUT2D eigenvalue weighted by molar-refractivity contribution is 9.10. The van der Waals surface area contributed by atoms with Crippen molar-refractivity contribution in [2.45, 2.75) is 18.3 Å². The average Bonchev–Trinajstić information content (AvgIpc) is 2.17. The number of alkyl halides is 2. The molecule has 2 rings (SSSR count). The van der Waals surface area contributed by atoms with Crippen molar-refractivity contribution in [3.05, 3.63) is 34.3 Å². The fraction of sp³-hybridized carbons (Fsp3) is 0.455. The van der Waals surface area contributed by atoms with Crippen LogP contribution in [0.3, 0.4) is 0 Å². The summed E-state index contributed by atoms with van der Waals surface area (Å²) in [6, 6.07) is 7.17. The molecular weight excluding hydrogens is 264 g/mol. The van der Waals surface area contributed by atoms with Crippen LogP contribution in [0.5, 0.6) is 0 Å². The van der Waals surface area contributed by atoms with Crippen molar-refractivity contribution in [3.63, 3.8) is 0 Å². The van der Waals surface area contributed by atoms with Gasteiger partial charge in [0.25, 0.3) is 5.92 Å². The lowest BCUT2D eigenvalue weighted by Gasteiger charge is -2.32. The molecule has 15 heavy (non-hydrogen) atoms. The Labute approximate surface area is 96.0 Å². The van der Waals surface area contributed by atoms with Crippen LogP contribution in [0.4, 0.5) is 8.78 Å². The number of benzene rings is 1. The van der Waals surface area contributed by atoms with E-state index in [1.54, 1.807) is 18.2 Å². The molecule has 82 valence electrons. The average molecular weight is 276 g/mol. The molecule has 0 saturated carbocycles. The van der Waals surface area contributed by atoms with Crippen LogP contribution in [0.1, 0.15) is 17.9 Å². The maximum absolute atomic E-state index is 13.6. The molecule has 1 fully saturated rings. The third-order valence-corrected chi connectivity index (χ3v) is 3.24. The van der Waals surface area contributed by atoms with Gasteiger partial charge in [-0.05, 0) is 17.7 Å². The van der Waals surface area contributed by atoms with Crippen LogP contribution < -0.4 is 5.32 Å². The summed E-state index contributed by atoms with van der Waals surface area (Å²) in [6.45, 7) is 0.751. The number of nitrogens with one attached hydrogen (secondary N) is 1. The van der Waals surface area contributed by atoms with Crippen molar-refractivity contribution in [1.29, 1.82) is 0 Å². The van der Waals surface area contributed by atoms with Gasteiger partial charge in [-0.3, -0.25) is 0 Å². The van der Waals surface area contributed by atoms with Crippen molar-refractivity contribution in [2.24, 2.45) is 0 Å². The second-order valence-electron chi connectivity index (χ2n) is 3.82. The quantitative estimate of drug-likeness (QED) is 0.830. The summed E-state index contributed by atoms with van der Waals surface area (Å²) < 4.78 is 28.1. The van der Waals surface area contributed by atoms with Crippen LogP contribution in [0, 0.1) is 0 Å². The lowest BCUT2D eigenvalue weighted by molar-refractivity contribution is -0.0479. The molecule has 0 aliphatic carbocycles. The van der Waals surface area contributed by atoms with Crippen LogP contribution in [-0.4, -0.2) is 19.0 Å². The standard InChI is InChI=1S/C11H12BrF2N/c12-9-3-1-2-8(6-9)10-7-15-5-4-11(10,13)14/h1-3,6,10,15H,4-5,7H2. The Kier molecular flexibility index (Phi) is 3.07. The lowest BCUT2D eigenvalue weighted by Crippen LogP contribution is -2.42. The zero-order chi connectivity index (χ0) is 10.9. The Morgan fingerprint density at radius 3 is 2.87 bits per heavy atom. The molecule has 1 heterocycles. The molecule has 1 unspecified atom stereocenters. The predicted molar refractivity (Wildman–Crippen MR) is 59.3 cm³/mol. The zero-order valence-corrected chi connectivity index (χ0v) is 9.73. The smallest absolute Gasteiger partial charge is 0.257 e.